The number of fused-ring (bicyclic) bond motifs is 2. The summed E-state index contributed by atoms with van der Waals surface area (Å²) in [6.45, 7) is 0.138. The molecule has 3 aromatic rings. The van der Waals surface area contributed by atoms with Crippen molar-refractivity contribution in [2.45, 2.75) is 5.92 Å². The number of carbonyl (C=O) groups excluding carboxylic acids is 1. The Hall–Kier alpha value is -3.23. The molecule has 0 aliphatic carbocycles. The minimum absolute atomic E-state index is 0.138. The predicted octanol–water partition coefficient (Wildman–Crippen LogP) is 0.883. The Balaban J connectivity index is 1.64. The molecule has 1 amide bonds. The molecule has 1 unspecified atom stereocenters. The predicted molar refractivity (Wildman–Crippen MR) is 112 cm³/mol. The first-order chi connectivity index (χ1) is 13.6. The summed E-state index contributed by atoms with van der Waals surface area (Å²) < 4.78 is 0. The van der Waals surface area contributed by atoms with Crippen LogP contribution in [0.15, 0.2) is 60.0 Å². The summed E-state index contributed by atoms with van der Waals surface area (Å²) in [6.07, 6.45) is 5.16. The van der Waals surface area contributed by atoms with E-state index in [0.717, 1.165) is 21.9 Å². The van der Waals surface area contributed by atoms with Crippen LogP contribution in [-0.4, -0.2) is 47.7 Å². The van der Waals surface area contributed by atoms with Gasteiger partial charge in [0.05, 0.1) is 12.1 Å². The quantitative estimate of drug-likeness (QED) is 0.589. The highest BCUT2D eigenvalue weighted by atomic mass is 16.2. The van der Waals surface area contributed by atoms with Crippen molar-refractivity contribution in [1.82, 2.24) is 9.90 Å². The normalized spacial score (nSPS) is 14.1. The first-order valence-electron chi connectivity index (χ1n) is 9.01. The van der Waals surface area contributed by atoms with Crippen LogP contribution < -0.4 is 16.5 Å². The number of hydrazone groups is 1. The van der Waals surface area contributed by atoms with Crippen molar-refractivity contribution in [2.24, 2.45) is 10.8 Å². The highest BCUT2D eigenvalue weighted by molar-refractivity contribution is 6.65. The van der Waals surface area contributed by atoms with Gasteiger partial charge in [-0.05, 0) is 40.2 Å². The van der Waals surface area contributed by atoms with Crippen LogP contribution in [0.4, 0.5) is 5.69 Å². The SMILES string of the molecule is CN1N=Cc2c(cccc2C(CN)C(=O)Nc2ccc3cnccc3c2)B1O. The molecule has 1 aromatic heterocycles. The molecule has 28 heavy (non-hydrogen) atoms. The van der Waals surface area contributed by atoms with Crippen LogP contribution in [0, 0.1) is 0 Å². The van der Waals surface area contributed by atoms with Crippen LogP contribution in [0.25, 0.3) is 10.8 Å². The first-order valence-corrected chi connectivity index (χ1v) is 9.01. The Morgan fingerprint density at radius 1 is 1.29 bits per heavy atom. The lowest BCUT2D eigenvalue weighted by Crippen LogP contribution is -2.48. The number of aromatic nitrogens is 1. The van der Waals surface area contributed by atoms with E-state index in [1.165, 1.54) is 4.92 Å². The molecule has 140 valence electrons. The maximum atomic E-state index is 13.0. The third kappa shape index (κ3) is 3.24. The molecule has 0 saturated carbocycles. The number of pyridine rings is 1. The highest BCUT2D eigenvalue weighted by Gasteiger charge is 2.30. The number of carbonyl (C=O) groups is 1. The van der Waals surface area contributed by atoms with Gasteiger partial charge in [0.15, 0.2) is 0 Å². The second kappa shape index (κ2) is 7.42. The fourth-order valence-corrected chi connectivity index (χ4v) is 3.46. The van der Waals surface area contributed by atoms with Gasteiger partial charge in [-0.1, -0.05) is 24.3 Å². The van der Waals surface area contributed by atoms with Crippen LogP contribution in [0.2, 0.25) is 0 Å². The van der Waals surface area contributed by atoms with Crippen LogP contribution in [0.1, 0.15) is 17.0 Å². The molecule has 1 aliphatic rings. The van der Waals surface area contributed by atoms with Crippen molar-refractivity contribution in [3.8, 4) is 0 Å². The van der Waals surface area contributed by atoms with E-state index >= 15 is 0 Å². The summed E-state index contributed by atoms with van der Waals surface area (Å²) in [5.74, 6) is -0.767. The van der Waals surface area contributed by atoms with E-state index in [0.29, 0.717) is 11.2 Å². The molecule has 4 N–H and O–H groups in total. The molecule has 0 spiro atoms. The highest BCUT2D eigenvalue weighted by Crippen LogP contribution is 2.23. The average Bonchev–Trinajstić information content (AvgIpc) is 2.71. The van der Waals surface area contributed by atoms with Crippen molar-refractivity contribution in [1.29, 1.82) is 0 Å². The van der Waals surface area contributed by atoms with Crippen LogP contribution in [0.5, 0.6) is 0 Å². The number of amides is 1. The van der Waals surface area contributed by atoms with Crippen LogP contribution in [-0.2, 0) is 4.79 Å². The molecule has 2 aromatic carbocycles. The van der Waals surface area contributed by atoms with Gasteiger partial charge in [0.1, 0.15) is 0 Å². The van der Waals surface area contributed by atoms with E-state index in [1.807, 2.05) is 42.5 Å². The Kier molecular flexibility index (Phi) is 4.81. The standard InChI is InChI=1S/C20H20BN5O2/c1-26-21(28)19-4-2-3-16(18(19)12-24-26)17(10-22)20(27)25-15-6-5-14-11-23-8-7-13(14)9-15/h2-9,11-12,17,28H,10,22H2,1H3,(H,25,27). The molecular weight excluding hydrogens is 353 g/mol. The molecule has 1 aliphatic heterocycles. The molecule has 0 radical (unpaired) electrons. The molecule has 2 heterocycles. The van der Waals surface area contributed by atoms with Gasteiger partial charge in [-0.2, -0.15) is 5.10 Å². The molecule has 0 bridgehead atoms. The minimum Gasteiger partial charge on any atom is -0.428 e. The number of nitrogens with two attached hydrogens (primary N) is 1. The minimum atomic E-state index is -0.851. The zero-order chi connectivity index (χ0) is 19.7. The Labute approximate surface area is 163 Å². The van der Waals surface area contributed by atoms with Crippen LogP contribution >= 0.6 is 0 Å². The molecule has 7 nitrogen and oxygen atoms in total. The van der Waals surface area contributed by atoms with Gasteiger partial charge in [-0.3, -0.25) is 9.78 Å². The zero-order valence-electron chi connectivity index (χ0n) is 15.4. The van der Waals surface area contributed by atoms with Gasteiger partial charge in [0, 0.05) is 37.1 Å². The summed E-state index contributed by atoms with van der Waals surface area (Å²) in [4.78, 5) is 18.6. The van der Waals surface area contributed by atoms with Crippen molar-refractivity contribution in [2.75, 3.05) is 18.9 Å². The molecule has 8 heteroatoms. The molecular formula is C20H20BN5O2. The van der Waals surface area contributed by atoms with Crippen molar-refractivity contribution in [3.63, 3.8) is 0 Å². The van der Waals surface area contributed by atoms with E-state index in [2.05, 4.69) is 15.4 Å². The number of anilines is 1. The summed E-state index contributed by atoms with van der Waals surface area (Å²) in [6, 6.07) is 13.1. The van der Waals surface area contributed by atoms with Gasteiger partial charge < -0.3 is 21.0 Å². The molecule has 4 rings (SSSR count). The second-order valence-corrected chi connectivity index (χ2v) is 6.76. The molecule has 0 fully saturated rings. The summed E-state index contributed by atoms with van der Waals surface area (Å²) in [7, 11) is 0.842. The largest absolute Gasteiger partial charge is 0.466 e. The fraction of sp³-hybridized carbons (Fsp3) is 0.150. The van der Waals surface area contributed by atoms with E-state index < -0.39 is 13.0 Å². The van der Waals surface area contributed by atoms with E-state index in [1.54, 1.807) is 25.7 Å². The fourth-order valence-electron chi connectivity index (χ4n) is 3.46. The maximum absolute atomic E-state index is 13.0. The molecule has 1 atom stereocenters. The third-order valence-electron chi connectivity index (χ3n) is 5.01. The smallest absolute Gasteiger partial charge is 0.428 e. The second-order valence-electron chi connectivity index (χ2n) is 6.76. The van der Waals surface area contributed by atoms with Crippen molar-refractivity contribution >= 4 is 41.1 Å². The number of benzene rings is 2. The zero-order valence-corrected chi connectivity index (χ0v) is 15.4. The number of nitrogens with one attached hydrogen (secondary N) is 1. The first kappa shape index (κ1) is 18.2. The number of nitrogens with zero attached hydrogens (tertiary/aromatic N) is 3. The van der Waals surface area contributed by atoms with Crippen molar-refractivity contribution in [3.05, 3.63) is 66.0 Å². The lowest BCUT2D eigenvalue weighted by molar-refractivity contribution is -0.117. The van der Waals surface area contributed by atoms with Crippen LogP contribution in [0.3, 0.4) is 0 Å². The lowest BCUT2D eigenvalue weighted by atomic mass is 9.68. The Morgan fingerprint density at radius 3 is 2.96 bits per heavy atom. The lowest BCUT2D eigenvalue weighted by Gasteiger charge is -2.26. The number of rotatable bonds is 4. The molecule has 0 saturated heterocycles. The van der Waals surface area contributed by atoms with Gasteiger partial charge in [0.25, 0.3) is 0 Å². The van der Waals surface area contributed by atoms with E-state index in [4.69, 9.17) is 5.73 Å². The Bertz CT molecular complexity index is 1070. The van der Waals surface area contributed by atoms with Crippen molar-refractivity contribution < 1.29 is 9.82 Å². The van der Waals surface area contributed by atoms with E-state index in [9.17, 15) is 9.82 Å². The summed E-state index contributed by atoms with van der Waals surface area (Å²) in [5.41, 5.74) is 8.85. The number of hydrogen-bond donors (Lipinski definition) is 3. The topological polar surface area (TPSA) is 104 Å². The maximum Gasteiger partial charge on any atom is 0.466 e. The summed E-state index contributed by atoms with van der Waals surface area (Å²) >= 11 is 0. The Morgan fingerprint density at radius 2 is 2.14 bits per heavy atom. The third-order valence-corrected chi connectivity index (χ3v) is 5.01. The summed E-state index contributed by atoms with van der Waals surface area (Å²) in [5, 5.41) is 19.5. The monoisotopic (exact) mass is 373 g/mol. The van der Waals surface area contributed by atoms with Gasteiger partial charge in [0.2, 0.25) is 5.91 Å². The van der Waals surface area contributed by atoms with E-state index in [-0.39, 0.29) is 12.5 Å². The van der Waals surface area contributed by atoms with Gasteiger partial charge in [-0.15, -0.1) is 0 Å². The number of hydrogen-bond acceptors (Lipinski definition) is 6. The average molecular weight is 373 g/mol. The van der Waals surface area contributed by atoms with Gasteiger partial charge >= 0.3 is 7.05 Å². The van der Waals surface area contributed by atoms with Gasteiger partial charge in [-0.25, -0.2) is 0 Å².